The van der Waals surface area contributed by atoms with E-state index in [1.807, 2.05) is 37.3 Å². The molecule has 1 aromatic carbocycles. The molecule has 0 fully saturated rings. The SMILES string of the molecule is CCNCC(=O)NCCOCc1ccccc1. The lowest BCUT2D eigenvalue weighted by atomic mass is 10.2. The van der Waals surface area contributed by atoms with Crippen molar-refractivity contribution in [3.05, 3.63) is 35.9 Å². The predicted molar refractivity (Wildman–Crippen MR) is 67.7 cm³/mol. The largest absolute Gasteiger partial charge is 0.375 e. The molecule has 0 saturated carbocycles. The fourth-order valence-electron chi connectivity index (χ4n) is 1.33. The number of carbonyl (C=O) groups is 1. The molecule has 0 heterocycles. The summed E-state index contributed by atoms with van der Waals surface area (Å²) in [6, 6.07) is 9.98. The van der Waals surface area contributed by atoms with Gasteiger partial charge in [0.1, 0.15) is 0 Å². The fraction of sp³-hybridized carbons (Fsp3) is 0.462. The van der Waals surface area contributed by atoms with Crippen LogP contribution in [-0.4, -0.2) is 32.1 Å². The van der Waals surface area contributed by atoms with Crippen LogP contribution in [0.1, 0.15) is 12.5 Å². The maximum absolute atomic E-state index is 11.2. The van der Waals surface area contributed by atoms with Crippen LogP contribution in [0.15, 0.2) is 30.3 Å². The first-order valence-corrected chi connectivity index (χ1v) is 5.92. The number of rotatable bonds is 8. The van der Waals surface area contributed by atoms with Crippen molar-refractivity contribution in [2.75, 3.05) is 26.2 Å². The van der Waals surface area contributed by atoms with Crippen LogP contribution in [0.4, 0.5) is 0 Å². The molecule has 4 heteroatoms. The van der Waals surface area contributed by atoms with E-state index in [0.29, 0.717) is 26.3 Å². The van der Waals surface area contributed by atoms with E-state index in [9.17, 15) is 4.79 Å². The summed E-state index contributed by atoms with van der Waals surface area (Å²) in [7, 11) is 0. The standard InChI is InChI=1S/C13H20N2O2/c1-2-14-10-13(16)15-8-9-17-11-12-6-4-3-5-7-12/h3-7,14H,2,8-11H2,1H3,(H,15,16). The van der Waals surface area contributed by atoms with E-state index in [2.05, 4.69) is 10.6 Å². The molecule has 1 aromatic rings. The molecule has 0 aliphatic heterocycles. The molecule has 0 aromatic heterocycles. The lowest BCUT2D eigenvalue weighted by Crippen LogP contribution is -2.35. The minimum absolute atomic E-state index is 0.00941. The lowest BCUT2D eigenvalue weighted by molar-refractivity contribution is -0.120. The second kappa shape index (κ2) is 8.73. The second-order valence-corrected chi connectivity index (χ2v) is 3.67. The third kappa shape index (κ3) is 6.71. The number of nitrogens with one attached hydrogen (secondary N) is 2. The lowest BCUT2D eigenvalue weighted by Gasteiger charge is -2.06. The van der Waals surface area contributed by atoms with E-state index in [0.717, 1.165) is 12.1 Å². The molecule has 0 aliphatic carbocycles. The summed E-state index contributed by atoms with van der Waals surface area (Å²) in [6.45, 7) is 4.82. The van der Waals surface area contributed by atoms with Crippen LogP contribution in [0.3, 0.4) is 0 Å². The van der Waals surface area contributed by atoms with Gasteiger partial charge in [-0.25, -0.2) is 0 Å². The van der Waals surface area contributed by atoms with Crippen molar-refractivity contribution in [2.45, 2.75) is 13.5 Å². The van der Waals surface area contributed by atoms with Gasteiger partial charge in [-0.15, -0.1) is 0 Å². The predicted octanol–water partition coefficient (Wildman–Crippen LogP) is 0.929. The van der Waals surface area contributed by atoms with E-state index < -0.39 is 0 Å². The molecule has 1 amide bonds. The van der Waals surface area contributed by atoms with E-state index >= 15 is 0 Å². The first kappa shape index (κ1) is 13.7. The highest BCUT2D eigenvalue weighted by molar-refractivity contribution is 5.77. The number of hydrogen-bond acceptors (Lipinski definition) is 3. The first-order chi connectivity index (χ1) is 8.33. The molecule has 1 rings (SSSR count). The molecule has 0 atom stereocenters. The van der Waals surface area contributed by atoms with Crippen LogP contribution in [0.2, 0.25) is 0 Å². The molecule has 17 heavy (non-hydrogen) atoms. The molecule has 0 unspecified atom stereocenters. The number of carbonyl (C=O) groups excluding carboxylic acids is 1. The van der Waals surface area contributed by atoms with Gasteiger partial charge in [0.2, 0.25) is 5.91 Å². The Morgan fingerprint density at radius 2 is 2.06 bits per heavy atom. The van der Waals surface area contributed by atoms with E-state index in [1.165, 1.54) is 0 Å². The van der Waals surface area contributed by atoms with Crippen LogP contribution < -0.4 is 10.6 Å². The van der Waals surface area contributed by atoms with E-state index in [4.69, 9.17) is 4.74 Å². The number of amides is 1. The maximum Gasteiger partial charge on any atom is 0.234 e. The smallest absolute Gasteiger partial charge is 0.234 e. The number of ether oxygens (including phenoxy) is 1. The van der Waals surface area contributed by atoms with Gasteiger partial charge >= 0.3 is 0 Å². The minimum Gasteiger partial charge on any atom is -0.375 e. The molecular weight excluding hydrogens is 216 g/mol. The van der Waals surface area contributed by atoms with Gasteiger partial charge in [-0.05, 0) is 12.1 Å². The summed E-state index contributed by atoms with van der Waals surface area (Å²) in [4.78, 5) is 11.2. The normalized spacial score (nSPS) is 10.2. The topological polar surface area (TPSA) is 50.4 Å². The zero-order chi connectivity index (χ0) is 12.3. The van der Waals surface area contributed by atoms with Gasteiger partial charge in [0.25, 0.3) is 0 Å². The summed E-state index contributed by atoms with van der Waals surface area (Å²) in [6.07, 6.45) is 0. The maximum atomic E-state index is 11.2. The molecule has 0 bridgehead atoms. The Morgan fingerprint density at radius 3 is 2.76 bits per heavy atom. The number of likely N-dealkylation sites (N-methyl/N-ethyl adjacent to an activating group) is 1. The van der Waals surface area contributed by atoms with Gasteiger partial charge in [0, 0.05) is 6.54 Å². The Hall–Kier alpha value is -1.39. The minimum atomic E-state index is 0.00941. The zero-order valence-corrected chi connectivity index (χ0v) is 10.2. The summed E-state index contributed by atoms with van der Waals surface area (Å²) in [5, 5.41) is 5.74. The van der Waals surface area contributed by atoms with Crippen molar-refractivity contribution in [1.82, 2.24) is 10.6 Å². The molecule has 0 aliphatic rings. The van der Waals surface area contributed by atoms with Crippen LogP contribution in [-0.2, 0) is 16.1 Å². The van der Waals surface area contributed by atoms with Crippen LogP contribution >= 0.6 is 0 Å². The monoisotopic (exact) mass is 236 g/mol. The molecule has 4 nitrogen and oxygen atoms in total. The number of benzene rings is 1. The van der Waals surface area contributed by atoms with Gasteiger partial charge in [0.05, 0.1) is 19.8 Å². The van der Waals surface area contributed by atoms with Crippen molar-refractivity contribution in [3.8, 4) is 0 Å². The fourth-order valence-corrected chi connectivity index (χ4v) is 1.33. The molecule has 0 radical (unpaired) electrons. The highest BCUT2D eigenvalue weighted by Gasteiger charge is 1.98. The quantitative estimate of drug-likeness (QED) is 0.660. The Balaban J connectivity index is 1.99. The van der Waals surface area contributed by atoms with Gasteiger partial charge in [-0.2, -0.15) is 0 Å². The highest BCUT2D eigenvalue weighted by Crippen LogP contribution is 1.99. The third-order valence-electron chi connectivity index (χ3n) is 2.22. The Bertz CT molecular complexity index is 314. The van der Waals surface area contributed by atoms with Crippen molar-refractivity contribution in [2.24, 2.45) is 0 Å². The summed E-state index contributed by atoms with van der Waals surface area (Å²) in [5.74, 6) is 0.00941. The molecule has 0 spiro atoms. The van der Waals surface area contributed by atoms with Crippen LogP contribution in [0, 0.1) is 0 Å². The van der Waals surface area contributed by atoms with Crippen molar-refractivity contribution < 1.29 is 9.53 Å². The van der Waals surface area contributed by atoms with Gasteiger partial charge in [0.15, 0.2) is 0 Å². The van der Waals surface area contributed by atoms with Crippen molar-refractivity contribution >= 4 is 5.91 Å². The molecule has 0 saturated heterocycles. The highest BCUT2D eigenvalue weighted by atomic mass is 16.5. The van der Waals surface area contributed by atoms with Crippen LogP contribution in [0.5, 0.6) is 0 Å². The zero-order valence-electron chi connectivity index (χ0n) is 10.2. The van der Waals surface area contributed by atoms with Crippen molar-refractivity contribution in [1.29, 1.82) is 0 Å². The summed E-state index contributed by atoms with van der Waals surface area (Å²) < 4.78 is 5.44. The molecule has 94 valence electrons. The molecular formula is C13H20N2O2. The van der Waals surface area contributed by atoms with Gasteiger partial charge in [-0.1, -0.05) is 37.3 Å². The average molecular weight is 236 g/mol. The summed E-state index contributed by atoms with van der Waals surface area (Å²) in [5.41, 5.74) is 1.14. The van der Waals surface area contributed by atoms with E-state index in [-0.39, 0.29) is 5.91 Å². The number of hydrogen-bond donors (Lipinski definition) is 2. The van der Waals surface area contributed by atoms with Crippen LogP contribution in [0.25, 0.3) is 0 Å². The van der Waals surface area contributed by atoms with Gasteiger partial charge in [-0.3, -0.25) is 4.79 Å². The Labute approximate surface area is 102 Å². The Morgan fingerprint density at radius 1 is 1.29 bits per heavy atom. The van der Waals surface area contributed by atoms with Gasteiger partial charge < -0.3 is 15.4 Å². The molecule has 2 N–H and O–H groups in total. The van der Waals surface area contributed by atoms with E-state index in [1.54, 1.807) is 0 Å². The first-order valence-electron chi connectivity index (χ1n) is 5.92. The average Bonchev–Trinajstić information content (AvgIpc) is 2.37. The second-order valence-electron chi connectivity index (χ2n) is 3.67. The van der Waals surface area contributed by atoms with Crippen molar-refractivity contribution in [3.63, 3.8) is 0 Å². The Kier molecular flexibility index (Phi) is 7.02. The summed E-state index contributed by atoms with van der Waals surface area (Å²) >= 11 is 0. The third-order valence-corrected chi connectivity index (χ3v) is 2.22.